The molecule has 7 N–H and O–H groups in total. The molecule has 2 aliphatic heterocycles. The molecular weight excluding hydrogens is 987 g/mol. The van der Waals surface area contributed by atoms with Gasteiger partial charge < -0.3 is 49.5 Å². The second-order valence-electron chi connectivity index (χ2n) is 15.2. The number of rotatable bonds is 14. The minimum absolute atomic E-state index is 0.106. The first-order valence-corrected chi connectivity index (χ1v) is 22.3. The fourth-order valence-corrected chi connectivity index (χ4v) is 8.66. The lowest BCUT2D eigenvalue weighted by Crippen LogP contribution is -2.71. The number of aliphatic carboxylic acids is 2. The van der Waals surface area contributed by atoms with Crippen molar-refractivity contribution < 1.29 is 71.7 Å². The number of nitrogens with one attached hydrogen (secondary N) is 3. The number of carbonyl (C=O) groups is 8. The Morgan fingerprint density at radius 1 is 0.972 bits per heavy atom. The molecule has 374 valence electrons. The lowest BCUT2D eigenvalue weighted by Gasteiger charge is -2.49. The second-order valence-corrected chi connectivity index (χ2v) is 16.8. The van der Waals surface area contributed by atoms with Gasteiger partial charge in [-0.05, 0) is 97.4 Å². The Bertz CT molecular complexity index is 3130. The number of hydrogen-bond acceptors (Lipinski definition) is 15. The zero-order valence-electron chi connectivity index (χ0n) is 38.3. The van der Waals surface area contributed by atoms with E-state index >= 15 is 0 Å². The summed E-state index contributed by atoms with van der Waals surface area (Å²) in [4.78, 5) is 107. The normalized spacial score (nSPS) is 14.8. The third kappa shape index (κ3) is 12.3. The summed E-state index contributed by atoms with van der Waals surface area (Å²) in [5.41, 5.74) is 9.07. The molecule has 1 fully saturated rings. The minimum Gasteiger partial charge on any atom is -0.481 e. The number of β-lactam (4-membered cyclic amide) rings is 1. The van der Waals surface area contributed by atoms with Gasteiger partial charge in [0.2, 0.25) is 17.4 Å². The van der Waals surface area contributed by atoms with Crippen LogP contribution in [-0.2, 0) is 47.0 Å². The fourth-order valence-electron chi connectivity index (χ4n) is 7.21. The smallest absolute Gasteiger partial charge is 0.413 e. The Hall–Kier alpha value is -8.77. The van der Waals surface area contributed by atoms with E-state index in [9.17, 15) is 47.9 Å². The number of nitrogens with two attached hydrogens (primary N) is 1. The molecule has 3 aromatic heterocycles. The highest BCUT2D eigenvalue weighted by Gasteiger charge is 2.54. The predicted molar refractivity (Wildman–Crippen MR) is 256 cm³/mol. The lowest BCUT2D eigenvalue weighted by atomic mass is 10.0. The maximum absolute atomic E-state index is 12.9. The van der Waals surface area contributed by atoms with Crippen LogP contribution >= 0.6 is 23.4 Å². The van der Waals surface area contributed by atoms with E-state index in [0.717, 1.165) is 10.5 Å². The molecule has 3 aromatic carbocycles. The van der Waals surface area contributed by atoms with Crippen LogP contribution < -0.4 is 16.4 Å². The van der Waals surface area contributed by atoms with Crippen molar-refractivity contribution >= 4 is 93.6 Å². The number of hydrogen-bond donors (Lipinski definition) is 6. The van der Waals surface area contributed by atoms with Crippen molar-refractivity contribution in [3.05, 3.63) is 153 Å². The average Bonchev–Trinajstić information content (AvgIpc) is 4.10. The van der Waals surface area contributed by atoms with E-state index in [0.29, 0.717) is 44.1 Å². The molecule has 0 unspecified atom stereocenters. The molecule has 0 aliphatic carbocycles. The van der Waals surface area contributed by atoms with Gasteiger partial charge in [0.05, 0.1) is 36.5 Å². The maximum Gasteiger partial charge on any atom is 0.413 e. The highest BCUT2D eigenvalue weighted by atomic mass is 35.5. The Morgan fingerprint density at radius 3 is 2.25 bits per heavy atom. The number of H-pyrrole nitrogens is 1. The van der Waals surface area contributed by atoms with Gasteiger partial charge in [-0.25, -0.2) is 23.8 Å². The number of fused-ring (bicyclic) bond motifs is 2. The van der Waals surface area contributed by atoms with Gasteiger partial charge in [0.25, 0.3) is 11.8 Å². The topological polar surface area (TPSA) is 317 Å². The van der Waals surface area contributed by atoms with E-state index < -0.39 is 53.2 Å². The molecule has 0 radical (unpaired) electrons. The number of oxime groups is 1. The molecule has 25 heteroatoms. The van der Waals surface area contributed by atoms with Crippen molar-refractivity contribution in [3.8, 4) is 0 Å². The third-order valence-corrected chi connectivity index (χ3v) is 12.1. The number of anilines is 1. The van der Waals surface area contributed by atoms with Crippen LogP contribution in [0.4, 0.5) is 19.9 Å². The van der Waals surface area contributed by atoms with E-state index in [-0.39, 0.29) is 59.0 Å². The summed E-state index contributed by atoms with van der Waals surface area (Å²) in [5, 5.41) is 26.8. The molecule has 0 bridgehead atoms. The number of carboxylic acids is 2. The summed E-state index contributed by atoms with van der Waals surface area (Å²) in [6.45, 7) is 1.45. The maximum atomic E-state index is 12.9. The molecule has 0 spiro atoms. The van der Waals surface area contributed by atoms with Gasteiger partial charge in [0.1, 0.15) is 36.6 Å². The average molecular weight is 1030 g/mol. The van der Waals surface area contributed by atoms with Crippen molar-refractivity contribution in [1.29, 1.82) is 0 Å². The summed E-state index contributed by atoms with van der Waals surface area (Å²) < 4.78 is 28.8. The van der Waals surface area contributed by atoms with Crippen LogP contribution in [-0.4, -0.2) is 121 Å². The molecule has 22 nitrogen and oxygen atoms in total. The highest BCUT2D eigenvalue weighted by Crippen LogP contribution is 2.40. The molecule has 72 heavy (non-hydrogen) atoms. The van der Waals surface area contributed by atoms with Crippen molar-refractivity contribution in [1.82, 2.24) is 24.8 Å². The lowest BCUT2D eigenvalue weighted by molar-refractivity contribution is -0.150. The monoisotopic (exact) mass is 1030 g/mol. The number of benzene rings is 3. The number of aromatic nitrogens is 3. The standard InChI is InChI=1S/C16H12FN3O3.C16H16N4O8S.C15H14ClNO3/c1-23-16(22)20-15-18-12-7-4-10(8-13(12)19-15)14(21)9-2-5-11(17)6-3-9;1-26-19-9(8-3-2-4-27-8)12(21)18-10-13(22)20-11(15(23)24)7(5-28-16(17)25)6-29-14(10)20;1-9-7-12(8-13(18)19)17(2)14(9)15(20)10-3-5-11(16)6-4-10/h2-8H,1H3,(H2,18,19,20,22);2-4,10,14H,5-6H2,1H3,(H2,17,25)(H,18,21)(H,23,24);3-7H,8H2,1-2H3,(H,18,19)/b;19-9-;/t;10-,14-;/m.1./s1. The van der Waals surface area contributed by atoms with Gasteiger partial charge >= 0.3 is 24.1 Å². The van der Waals surface area contributed by atoms with Gasteiger partial charge in [0.15, 0.2) is 11.5 Å². The van der Waals surface area contributed by atoms with Gasteiger partial charge in [-0.15, -0.1) is 11.8 Å². The minimum atomic E-state index is -1.35. The van der Waals surface area contributed by atoms with E-state index in [1.54, 1.807) is 73.1 Å². The van der Waals surface area contributed by atoms with Crippen molar-refractivity contribution in [2.75, 3.05) is 31.9 Å². The molecule has 8 rings (SSSR count). The number of carbonyl (C=O) groups excluding carboxylic acids is 6. The second kappa shape index (κ2) is 23.2. The molecule has 6 aromatic rings. The van der Waals surface area contributed by atoms with Crippen molar-refractivity contribution in [3.63, 3.8) is 0 Å². The number of thioether (sulfide) groups is 1. The number of ketones is 2. The quantitative estimate of drug-likeness (QED) is 0.0343. The molecule has 5 heterocycles. The number of aromatic amines is 1. The fraction of sp³-hybridized carbons (Fsp3) is 0.191. The number of furan rings is 1. The zero-order chi connectivity index (χ0) is 52.4. The SMILES string of the molecule is CO/N=C(\C(=O)N[C@@H]1C(=O)N2C(C(=O)O)=C(COC(N)=O)CS[C@H]12)c1ccco1.COC(=O)Nc1nc2ccc(C(=O)c3ccc(F)cc3)cc2[nH]1.Cc1cc(CC(=O)O)n(C)c1C(=O)c1ccc(Cl)cc1. The molecule has 2 atom stereocenters. The van der Waals surface area contributed by atoms with Gasteiger partial charge in [0, 0.05) is 45.8 Å². The van der Waals surface area contributed by atoms with Gasteiger partial charge in [-0.2, -0.15) is 0 Å². The molecule has 0 saturated carbocycles. The highest BCUT2D eigenvalue weighted by molar-refractivity contribution is 8.00. The van der Waals surface area contributed by atoms with Crippen LogP contribution in [0.1, 0.15) is 49.0 Å². The number of carboxylic acid groups (broad SMARTS) is 2. The van der Waals surface area contributed by atoms with Crippen LogP contribution in [0.2, 0.25) is 5.02 Å². The summed E-state index contributed by atoms with van der Waals surface area (Å²) in [7, 11) is 4.20. The first-order chi connectivity index (χ1) is 34.3. The van der Waals surface area contributed by atoms with Crippen molar-refractivity contribution in [2.45, 2.75) is 24.8 Å². The predicted octanol–water partition coefficient (Wildman–Crippen LogP) is 5.42. The molecule has 1 saturated heterocycles. The molecule has 2 aliphatic rings. The van der Waals surface area contributed by atoms with Crippen LogP contribution in [0, 0.1) is 12.7 Å². The Morgan fingerprint density at radius 2 is 1.64 bits per heavy atom. The first-order valence-electron chi connectivity index (χ1n) is 20.9. The Balaban J connectivity index is 0.000000180. The third-order valence-electron chi connectivity index (χ3n) is 10.5. The van der Waals surface area contributed by atoms with Crippen LogP contribution in [0.15, 0.2) is 112 Å². The van der Waals surface area contributed by atoms with Crippen LogP contribution in [0.3, 0.4) is 0 Å². The van der Waals surface area contributed by atoms with Gasteiger partial charge in [-0.1, -0.05) is 16.8 Å². The van der Waals surface area contributed by atoms with E-state index in [1.165, 1.54) is 62.6 Å². The number of primary amides is 1. The summed E-state index contributed by atoms with van der Waals surface area (Å²) in [6.07, 6.45) is -0.463. The van der Waals surface area contributed by atoms with Crippen molar-refractivity contribution in [2.24, 2.45) is 17.9 Å². The van der Waals surface area contributed by atoms with Crippen LogP contribution in [0.25, 0.3) is 11.0 Å². The number of imidazole rings is 1. The largest absolute Gasteiger partial charge is 0.481 e. The van der Waals surface area contributed by atoms with E-state index in [1.807, 2.05) is 0 Å². The van der Waals surface area contributed by atoms with E-state index in [4.69, 9.17) is 26.9 Å². The number of aryl methyl sites for hydroxylation is 1. The number of halogens is 2. The van der Waals surface area contributed by atoms with Gasteiger partial charge in [-0.3, -0.25) is 34.2 Å². The Labute approximate surface area is 415 Å². The van der Waals surface area contributed by atoms with E-state index in [2.05, 4.69) is 40.1 Å². The van der Waals surface area contributed by atoms with Crippen LogP contribution in [0.5, 0.6) is 0 Å². The number of ether oxygens (including phenoxy) is 2. The summed E-state index contributed by atoms with van der Waals surface area (Å²) >= 11 is 7.02. The number of methoxy groups -OCH3 is 1. The first kappa shape index (κ1) is 52.6. The summed E-state index contributed by atoms with van der Waals surface area (Å²) in [5.74, 6) is -3.85. The molecular formula is C47H42ClFN8O14S. The number of nitrogens with zero attached hydrogens (tertiary/aromatic N) is 4. The Kier molecular flexibility index (Phi) is 17.0. The summed E-state index contributed by atoms with van der Waals surface area (Å²) in [6, 6.07) is 20.7. The number of amides is 4. The zero-order valence-corrected chi connectivity index (χ0v) is 39.8. The molecule has 4 amide bonds.